The van der Waals surface area contributed by atoms with Crippen LogP contribution < -0.4 is 0 Å². The average molecular weight is 300 g/mol. The van der Waals surface area contributed by atoms with Gasteiger partial charge >= 0.3 is 0 Å². The molecule has 1 aliphatic rings. The highest BCUT2D eigenvalue weighted by atomic mass is 16.6. The summed E-state index contributed by atoms with van der Waals surface area (Å²) in [5, 5.41) is 13.1. The van der Waals surface area contributed by atoms with Gasteiger partial charge in [-0.15, -0.1) is 0 Å². The Morgan fingerprint density at radius 1 is 1.14 bits per heavy atom. The van der Waals surface area contributed by atoms with Gasteiger partial charge in [0.15, 0.2) is 0 Å². The number of nitro groups is 1. The molecule has 0 aromatic heterocycles. The number of aryl methyl sites for hydroxylation is 1. The Morgan fingerprint density at radius 3 is 2.68 bits per heavy atom. The van der Waals surface area contributed by atoms with Gasteiger partial charge in [-0.25, -0.2) is 0 Å². The van der Waals surface area contributed by atoms with Gasteiger partial charge in [0.25, 0.3) is 5.69 Å². The van der Waals surface area contributed by atoms with Crippen LogP contribution in [0.1, 0.15) is 12.0 Å². The maximum atomic E-state index is 11.5. The molecule has 0 N–H and O–H groups in total. The standard InChI is InChI=1S/C17H20N2O3/c20-19(21)17-15(5-3-9-18-10-12-22-13-11-18)8-7-14-4-1-2-6-16(14)17/h1-2,4,6-8H,3,5,9-13H2. The summed E-state index contributed by atoms with van der Waals surface area (Å²) in [5.41, 5.74) is 1.09. The number of ether oxygens (including phenoxy) is 1. The zero-order valence-corrected chi connectivity index (χ0v) is 12.5. The molecule has 0 radical (unpaired) electrons. The van der Waals surface area contributed by atoms with Crippen molar-refractivity contribution in [1.82, 2.24) is 4.90 Å². The minimum atomic E-state index is -0.244. The van der Waals surface area contributed by atoms with E-state index in [1.54, 1.807) is 0 Å². The van der Waals surface area contributed by atoms with E-state index in [-0.39, 0.29) is 10.6 Å². The third-order valence-electron chi connectivity index (χ3n) is 4.19. The fourth-order valence-corrected chi connectivity index (χ4v) is 3.04. The van der Waals surface area contributed by atoms with Crippen LogP contribution in [0.15, 0.2) is 36.4 Å². The fourth-order valence-electron chi connectivity index (χ4n) is 3.04. The number of fused-ring (bicyclic) bond motifs is 1. The monoisotopic (exact) mass is 300 g/mol. The van der Waals surface area contributed by atoms with E-state index in [9.17, 15) is 10.1 Å². The molecule has 5 nitrogen and oxygen atoms in total. The van der Waals surface area contributed by atoms with Crippen LogP contribution in [0.25, 0.3) is 10.8 Å². The molecule has 2 aromatic carbocycles. The van der Waals surface area contributed by atoms with Crippen LogP contribution >= 0.6 is 0 Å². The van der Waals surface area contributed by atoms with E-state index in [4.69, 9.17) is 4.74 Å². The quantitative estimate of drug-likeness (QED) is 0.629. The molecule has 0 aliphatic carbocycles. The highest BCUT2D eigenvalue weighted by Gasteiger charge is 2.18. The highest BCUT2D eigenvalue weighted by Crippen LogP contribution is 2.30. The largest absolute Gasteiger partial charge is 0.379 e. The van der Waals surface area contributed by atoms with E-state index in [0.29, 0.717) is 0 Å². The van der Waals surface area contributed by atoms with Crippen molar-refractivity contribution in [3.05, 3.63) is 52.1 Å². The van der Waals surface area contributed by atoms with E-state index in [1.807, 2.05) is 36.4 Å². The third-order valence-corrected chi connectivity index (χ3v) is 4.19. The molecular formula is C17H20N2O3. The van der Waals surface area contributed by atoms with Gasteiger partial charge in [0.2, 0.25) is 0 Å². The zero-order valence-electron chi connectivity index (χ0n) is 12.5. The van der Waals surface area contributed by atoms with Crippen LogP contribution in [0.4, 0.5) is 5.69 Å². The second-order valence-electron chi connectivity index (χ2n) is 5.61. The van der Waals surface area contributed by atoms with E-state index in [1.165, 1.54) is 0 Å². The van der Waals surface area contributed by atoms with Crippen molar-refractivity contribution in [2.75, 3.05) is 32.8 Å². The first-order valence-corrected chi connectivity index (χ1v) is 7.71. The van der Waals surface area contributed by atoms with Crippen molar-refractivity contribution < 1.29 is 9.66 Å². The van der Waals surface area contributed by atoms with Crippen molar-refractivity contribution in [1.29, 1.82) is 0 Å². The molecule has 0 spiro atoms. The van der Waals surface area contributed by atoms with Gasteiger partial charge < -0.3 is 4.74 Å². The van der Waals surface area contributed by atoms with Crippen molar-refractivity contribution in [2.24, 2.45) is 0 Å². The molecular weight excluding hydrogens is 280 g/mol. The summed E-state index contributed by atoms with van der Waals surface area (Å²) in [6.07, 6.45) is 1.66. The first kappa shape index (κ1) is 14.9. The van der Waals surface area contributed by atoms with Crippen molar-refractivity contribution in [2.45, 2.75) is 12.8 Å². The minimum absolute atomic E-state index is 0.244. The predicted molar refractivity (Wildman–Crippen MR) is 86.2 cm³/mol. The number of nitrogens with zero attached hydrogens (tertiary/aromatic N) is 2. The van der Waals surface area contributed by atoms with E-state index >= 15 is 0 Å². The summed E-state index contributed by atoms with van der Waals surface area (Å²) in [6, 6.07) is 11.4. The molecule has 3 rings (SSSR count). The molecule has 0 bridgehead atoms. The molecule has 1 saturated heterocycles. The first-order chi connectivity index (χ1) is 10.8. The molecule has 0 saturated carbocycles. The summed E-state index contributed by atoms with van der Waals surface area (Å²) in [5.74, 6) is 0. The summed E-state index contributed by atoms with van der Waals surface area (Å²) in [7, 11) is 0. The molecule has 1 fully saturated rings. The lowest BCUT2D eigenvalue weighted by Crippen LogP contribution is -2.36. The van der Waals surface area contributed by atoms with E-state index < -0.39 is 0 Å². The van der Waals surface area contributed by atoms with Crippen molar-refractivity contribution in [3.63, 3.8) is 0 Å². The average Bonchev–Trinajstić information content (AvgIpc) is 2.55. The number of benzene rings is 2. The lowest BCUT2D eigenvalue weighted by molar-refractivity contribution is -0.383. The van der Waals surface area contributed by atoms with Gasteiger partial charge in [0.05, 0.1) is 23.5 Å². The Bertz CT molecular complexity index is 666. The highest BCUT2D eigenvalue weighted by molar-refractivity contribution is 5.92. The third kappa shape index (κ3) is 3.26. The fraction of sp³-hybridized carbons (Fsp3) is 0.412. The number of rotatable bonds is 5. The van der Waals surface area contributed by atoms with Crippen LogP contribution in [-0.2, 0) is 11.2 Å². The minimum Gasteiger partial charge on any atom is -0.379 e. The molecule has 2 aromatic rings. The van der Waals surface area contributed by atoms with Gasteiger partial charge in [-0.3, -0.25) is 15.0 Å². The molecule has 5 heteroatoms. The van der Waals surface area contributed by atoms with Crippen LogP contribution in [0.3, 0.4) is 0 Å². The van der Waals surface area contributed by atoms with E-state index in [0.717, 1.165) is 62.0 Å². The number of hydrogen-bond donors (Lipinski definition) is 0. The van der Waals surface area contributed by atoms with Gasteiger partial charge in [0, 0.05) is 18.7 Å². The Morgan fingerprint density at radius 2 is 1.91 bits per heavy atom. The summed E-state index contributed by atoms with van der Waals surface area (Å²) in [6.45, 7) is 4.46. The van der Waals surface area contributed by atoms with Gasteiger partial charge in [-0.2, -0.15) is 0 Å². The Kier molecular flexibility index (Phi) is 4.65. The Labute approximate surface area is 129 Å². The van der Waals surface area contributed by atoms with Crippen molar-refractivity contribution in [3.8, 4) is 0 Å². The molecule has 1 heterocycles. The van der Waals surface area contributed by atoms with E-state index in [2.05, 4.69) is 4.90 Å². The molecule has 22 heavy (non-hydrogen) atoms. The van der Waals surface area contributed by atoms with Crippen molar-refractivity contribution >= 4 is 16.5 Å². The molecule has 0 amide bonds. The maximum absolute atomic E-state index is 11.5. The molecule has 1 aliphatic heterocycles. The summed E-state index contributed by atoms with van der Waals surface area (Å²) >= 11 is 0. The van der Waals surface area contributed by atoms with Crippen LogP contribution in [0.5, 0.6) is 0 Å². The second kappa shape index (κ2) is 6.85. The van der Waals surface area contributed by atoms with Gasteiger partial charge in [0.1, 0.15) is 0 Å². The van der Waals surface area contributed by atoms with Crippen LogP contribution in [-0.4, -0.2) is 42.7 Å². The summed E-state index contributed by atoms with van der Waals surface area (Å²) in [4.78, 5) is 13.6. The SMILES string of the molecule is O=[N+]([O-])c1c(CCCN2CCOCC2)ccc2ccccc12. The Balaban J connectivity index is 1.75. The normalized spacial score (nSPS) is 16.0. The first-order valence-electron chi connectivity index (χ1n) is 7.71. The smallest absolute Gasteiger partial charge is 0.280 e. The number of hydrogen-bond acceptors (Lipinski definition) is 4. The number of nitro benzene ring substituents is 1. The lowest BCUT2D eigenvalue weighted by Gasteiger charge is -2.26. The topological polar surface area (TPSA) is 55.6 Å². The Hall–Kier alpha value is -1.98. The summed E-state index contributed by atoms with van der Waals surface area (Å²) < 4.78 is 5.33. The molecule has 0 atom stereocenters. The molecule has 116 valence electrons. The zero-order chi connectivity index (χ0) is 15.4. The van der Waals surface area contributed by atoms with Gasteiger partial charge in [-0.1, -0.05) is 30.3 Å². The van der Waals surface area contributed by atoms with Crippen LogP contribution in [0, 0.1) is 10.1 Å². The lowest BCUT2D eigenvalue weighted by atomic mass is 10.0. The second-order valence-corrected chi connectivity index (χ2v) is 5.61. The maximum Gasteiger partial charge on any atom is 0.280 e. The van der Waals surface area contributed by atoms with Crippen LogP contribution in [0.2, 0.25) is 0 Å². The molecule has 0 unspecified atom stereocenters. The predicted octanol–water partition coefficient (Wildman–Crippen LogP) is 3.01. The van der Waals surface area contributed by atoms with Gasteiger partial charge in [-0.05, 0) is 30.8 Å². The number of morpholine rings is 1.